The maximum absolute atomic E-state index is 9.98. The number of hydrogen-bond acceptors (Lipinski definition) is 2. The minimum Gasteiger partial charge on any atom is -0.393 e. The summed E-state index contributed by atoms with van der Waals surface area (Å²) in [6.45, 7) is 4.40. The Hall–Kier alpha value is -0.860. The summed E-state index contributed by atoms with van der Waals surface area (Å²) in [4.78, 5) is 1.45. The highest BCUT2D eigenvalue weighted by molar-refractivity contribution is 7.19. The fraction of sp³-hybridized carbons (Fsp3) is 0.467. The van der Waals surface area contributed by atoms with Crippen LogP contribution in [0, 0.1) is 5.41 Å². The van der Waals surface area contributed by atoms with E-state index in [1.165, 1.54) is 15.0 Å². The monoisotopic (exact) mass is 246 g/mol. The van der Waals surface area contributed by atoms with Crippen LogP contribution in [0.3, 0.4) is 0 Å². The third-order valence-electron chi connectivity index (χ3n) is 4.57. The Kier molecular flexibility index (Phi) is 2.53. The van der Waals surface area contributed by atoms with E-state index in [2.05, 4.69) is 44.2 Å². The van der Waals surface area contributed by atoms with Crippen LogP contribution in [0.1, 0.15) is 37.5 Å². The summed E-state index contributed by atoms with van der Waals surface area (Å²) in [5.74, 6) is 0.542. The van der Waals surface area contributed by atoms with Gasteiger partial charge in [0.25, 0.3) is 0 Å². The first kappa shape index (κ1) is 11.2. The summed E-state index contributed by atoms with van der Waals surface area (Å²) < 4.78 is 1.36. The van der Waals surface area contributed by atoms with Crippen molar-refractivity contribution in [2.45, 2.75) is 38.7 Å². The van der Waals surface area contributed by atoms with Crippen molar-refractivity contribution in [3.8, 4) is 0 Å². The topological polar surface area (TPSA) is 20.2 Å². The molecule has 1 heterocycles. The molecule has 1 aliphatic rings. The van der Waals surface area contributed by atoms with Gasteiger partial charge in [0.05, 0.1) is 6.10 Å². The van der Waals surface area contributed by atoms with Gasteiger partial charge in [-0.2, -0.15) is 0 Å². The Labute approximate surface area is 106 Å². The molecule has 0 radical (unpaired) electrons. The first-order valence-electron chi connectivity index (χ1n) is 6.31. The van der Waals surface area contributed by atoms with Gasteiger partial charge >= 0.3 is 0 Å². The molecule has 0 saturated heterocycles. The molecule has 0 aliphatic heterocycles. The van der Waals surface area contributed by atoms with Gasteiger partial charge in [0.15, 0.2) is 0 Å². The van der Waals surface area contributed by atoms with Crippen molar-refractivity contribution >= 4 is 21.4 Å². The zero-order chi connectivity index (χ0) is 12.0. The van der Waals surface area contributed by atoms with Crippen molar-refractivity contribution in [3.05, 3.63) is 35.2 Å². The highest BCUT2D eigenvalue weighted by atomic mass is 32.1. The maximum atomic E-state index is 9.98. The molecule has 1 nitrogen and oxygen atoms in total. The Balaban J connectivity index is 2.00. The van der Waals surface area contributed by atoms with Crippen LogP contribution in [0.2, 0.25) is 0 Å². The molecule has 3 unspecified atom stereocenters. The molecule has 1 fully saturated rings. The summed E-state index contributed by atoms with van der Waals surface area (Å²) >= 11 is 1.89. The van der Waals surface area contributed by atoms with Crippen molar-refractivity contribution in [2.75, 3.05) is 0 Å². The zero-order valence-corrected chi connectivity index (χ0v) is 11.1. The Morgan fingerprint density at radius 3 is 2.82 bits per heavy atom. The second kappa shape index (κ2) is 3.82. The first-order chi connectivity index (χ1) is 8.15. The van der Waals surface area contributed by atoms with Gasteiger partial charge in [-0.3, -0.25) is 0 Å². The molecule has 3 atom stereocenters. The zero-order valence-electron chi connectivity index (χ0n) is 10.3. The van der Waals surface area contributed by atoms with Gasteiger partial charge in [-0.1, -0.05) is 32.0 Å². The van der Waals surface area contributed by atoms with Crippen LogP contribution >= 0.6 is 11.3 Å². The third kappa shape index (κ3) is 1.54. The largest absolute Gasteiger partial charge is 0.393 e. The lowest BCUT2D eigenvalue weighted by Gasteiger charge is -2.51. The third-order valence-corrected chi connectivity index (χ3v) is 5.80. The van der Waals surface area contributed by atoms with Crippen LogP contribution in [0.25, 0.3) is 10.1 Å². The number of thiophene rings is 1. The molecule has 0 bridgehead atoms. The molecule has 1 aromatic heterocycles. The summed E-state index contributed by atoms with van der Waals surface area (Å²) in [6.07, 6.45) is 1.85. The molecule has 2 heteroatoms. The standard InChI is InChI=1S/C15H18OS/c1-3-15(2)11(9-14(15)16)13-8-10-6-4-5-7-12(10)17-13/h4-8,11,14,16H,3,9H2,1-2H3. The smallest absolute Gasteiger partial charge is 0.0606 e. The molecule has 1 aromatic carbocycles. The predicted octanol–water partition coefficient (Wildman–Crippen LogP) is 4.17. The van der Waals surface area contributed by atoms with Crippen LogP contribution in [0.5, 0.6) is 0 Å². The molecular weight excluding hydrogens is 228 g/mol. The summed E-state index contributed by atoms with van der Waals surface area (Å²) in [7, 11) is 0. The van der Waals surface area contributed by atoms with E-state index in [0.29, 0.717) is 5.92 Å². The number of rotatable bonds is 2. The number of aliphatic hydroxyl groups excluding tert-OH is 1. The quantitative estimate of drug-likeness (QED) is 0.843. The minimum absolute atomic E-state index is 0.0842. The van der Waals surface area contributed by atoms with Gasteiger partial charge in [0.1, 0.15) is 0 Å². The SMILES string of the molecule is CCC1(C)C(O)CC1c1cc2ccccc2s1. The van der Waals surface area contributed by atoms with Crippen molar-refractivity contribution in [2.24, 2.45) is 5.41 Å². The Morgan fingerprint density at radius 2 is 2.18 bits per heavy atom. The second-order valence-corrected chi connectivity index (χ2v) is 6.47. The lowest BCUT2D eigenvalue weighted by molar-refractivity contribution is -0.0765. The fourth-order valence-corrected chi connectivity index (χ4v) is 4.27. The Morgan fingerprint density at radius 1 is 1.41 bits per heavy atom. The van der Waals surface area contributed by atoms with Crippen molar-refractivity contribution in [1.82, 2.24) is 0 Å². The molecule has 17 heavy (non-hydrogen) atoms. The van der Waals surface area contributed by atoms with E-state index in [4.69, 9.17) is 0 Å². The van der Waals surface area contributed by atoms with Gasteiger partial charge in [0, 0.05) is 20.9 Å². The van der Waals surface area contributed by atoms with E-state index in [9.17, 15) is 5.11 Å². The maximum Gasteiger partial charge on any atom is 0.0606 e. The molecule has 1 N–H and O–H groups in total. The summed E-state index contributed by atoms with van der Waals surface area (Å²) in [6, 6.07) is 10.9. The van der Waals surface area contributed by atoms with E-state index in [1.807, 2.05) is 11.3 Å². The molecule has 1 aliphatic carbocycles. The molecule has 0 amide bonds. The van der Waals surface area contributed by atoms with E-state index in [0.717, 1.165) is 12.8 Å². The first-order valence-corrected chi connectivity index (χ1v) is 7.13. The van der Waals surface area contributed by atoms with E-state index >= 15 is 0 Å². The lowest BCUT2D eigenvalue weighted by atomic mass is 9.57. The summed E-state index contributed by atoms with van der Waals surface area (Å²) in [5, 5.41) is 11.3. The molecule has 3 rings (SSSR count). The summed E-state index contributed by atoms with van der Waals surface area (Å²) in [5.41, 5.74) is 0.0842. The normalized spacial score (nSPS) is 32.6. The van der Waals surface area contributed by atoms with Gasteiger partial charge in [-0.05, 0) is 30.4 Å². The van der Waals surface area contributed by atoms with Gasteiger partial charge < -0.3 is 5.11 Å². The van der Waals surface area contributed by atoms with E-state index in [1.54, 1.807) is 0 Å². The number of benzene rings is 1. The number of hydrogen-bond donors (Lipinski definition) is 1. The second-order valence-electron chi connectivity index (χ2n) is 5.35. The van der Waals surface area contributed by atoms with Crippen LogP contribution in [0.4, 0.5) is 0 Å². The Bertz CT molecular complexity index is 512. The average Bonchev–Trinajstić information content (AvgIpc) is 2.77. The van der Waals surface area contributed by atoms with E-state index < -0.39 is 0 Å². The lowest BCUT2D eigenvalue weighted by Crippen LogP contribution is -2.48. The van der Waals surface area contributed by atoms with Crippen LogP contribution < -0.4 is 0 Å². The molecular formula is C15H18OS. The molecule has 0 spiro atoms. The van der Waals surface area contributed by atoms with Gasteiger partial charge in [0.2, 0.25) is 0 Å². The average molecular weight is 246 g/mol. The van der Waals surface area contributed by atoms with Crippen molar-refractivity contribution in [3.63, 3.8) is 0 Å². The molecule has 1 saturated carbocycles. The van der Waals surface area contributed by atoms with Crippen molar-refractivity contribution in [1.29, 1.82) is 0 Å². The van der Waals surface area contributed by atoms with Gasteiger partial charge in [-0.15, -0.1) is 11.3 Å². The van der Waals surface area contributed by atoms with Crippen LogP contribution in [0.15, 0.2) is 30.3 Å². The van der Waals surface area contributed by atoms with E-state index in [-0.39, 0.29) is 11.5 Å². The van der Waals surface area contributed by atoms with Crippen LogP contribution in [-0.4, -0.2) is 11.2 Å². The number of aliphatic hydroxyl groups is 1. The highest BCUT2D eigenvalue weighted by Gasteiger charge is 2.50. The predicted molar refractivity (Wildman–Crippen MR) is 73.6 cm³/mol. The number of fused-ring (bicyclic) bond motifs is 1. The fourth-order valence-electron chi connectivity index (χ4n) is 2.93. The van der Waals surface area contributed by atoms with Crippen molar-refractivity contribution < 1.29 is 5.11 Å². The molecule has 90 valence electrons. The highest BCUT2D eigenvalue weighted by Crippen LogP contribution is 2.56. The van der Waals surface area contributed by atoms with Crippen LogP contribution in [-0.2, 0) is 0 Å². The van der Waals surface area contributed by atoms with Gasteiger partial charge in [-0.25, -0.2) is 0 Å². The minimum atomic E-state index is -0.122. The molecule has 2 aromatic rings.